The minimum Gasteiger partial charge on any atom is -0.369 e. The first-order valence-electron chi connectivity index (χ1n) is 9.87. The average Bonchev–Trinajstić information content (AvgIpc) is 3.45. The van der Waals surface area contributed by atoms with Crippen LogP contribution in [0.2, 0.25) is 0 Å². The van der Waals surface area contributed by atoms with E-state index in [1.54, 1.807) is 6.07 Å². The van der Waals surface area contributed by atoms with E-state index in [-0.39, 0.29) is 0 Å². The van der Waals surface area contributed by atoms with Gasteiger partial charge in [-0.25, -0.2) is 0 Å². The SMILES string of the molecule is FC(F)(F)c1cccc(N2CCN([C@@H]3CCCN(CC4CC4)C3)CC2)c1. The molecule has 3 aliphatic rings. The highest BCUT2D eigenvalue weighted by atomic mass is 19.4. The molecule has 144 valence electrons. The van der Waals surface area contributed by atoms with E-state index in [1.165, 1.54) is 57.5 Å². The van der Waals surface area contributed by atoms with E-state index in [1.807, 2.05) is 0 Å². The molecule has 0 radical (unpaired) electrons. The maximum Gasteiger partial charge on any atom is 0.416 e. The van der Waals surface area contributed by atoms with Crippen molar-refractivity contribution in [3.8, 4) is 0 Å². The molecule has 26 heavy (non-hydrogen) atoms. The first-order chi connectivity index (χ1) is 12.5. The number of rotatable bonds is 4. The van der Waals surface area contributed by atoms with Gasteiger partial charge in [-0.3, -0.25) is 4.90 Å². The van der Waals surface area contributed by atoms with Gasteiger partial charge in [0.05, 0.1) is 5.56 Å². The Balaban J connectivity index is 1.32. The molecule has 1 atom stereocenters. The van der Waals surface area contributed by atoms with E-state index in [2.05, 4.69) is 14.7 Å². The first kappa shape index (κ1) is 18.1. The molecule has 2 aliphatic heterocycles. The van der Waals surface area contributed by atoms with E-state index in [4.69, 9.17) is 0 Å². The predicted octanol–water partition coefficient (Wildman–Crippen LogP) is 3.70. The fourth-order valence-corrected chi connectivity index (χ4v) is 4.38. The van der Waals surface area contributed by atoms with Crippen molar-refractivity contribution < 1.29 is 13.2 Å². The highest BCUT2D eigenvalue weighted by Gasteiger charge is 2.33. The van der Waals surface area contributed by atoms with Gasteiger partial charge in [0.25, 0.3) is 0 Å². The van der Waals surface area contributed by atoms with Crippen LogP contribution in [0.1, 0.15) is 31.2 Å². The van der Waals surface area contributed by atoms with Gasteiger partial charge in [0.1, 0.15) is 0 Å². The van der Waals surface area contributed by atoms with Crippen molar-refractivity contribution in [3.05, 3.63) is 29.8 Å². The Hall–Kier alpha value is -1.27. The third-order valence-corrected chi connectivity index (χ3v) is 6.06. The van der Waals surface area contributed by atoms with Crippen LogP contribution in [-0.4, -0.2) is 61.7 Å². The van der Waals surface area contributed by atoms with E-state index in [9.17, 15) is 13.2 Å². The molecule has 0 aromatic heterocycles. The summed E-state index contributed by atoms with van der Waals surface area (Å²) in [6.07, 6.45) is 1.05. The number of alkyl halides is 3. The van der Waals surface area contributed by atoms with Gasteiger partial charge in [0.15, 0.2) is 0 Å². The number of anilines is 1. The Labute approximate surface area is 153 Å². The lowest BCUT2D eigenvalue weighted by atomic mass is 10.0. The van der Waals surface area contributed by atoms with E-state index in [0.29, 0.717) is 11.7 Å². The van der Waals surface area contributed by atoms with Crippen LogP contribution < -0.4 is 4.90 Å². The maximum atomic E-state index is 12.9. The van der Waals surface area contributed by atoms with Gasteiger partial charge < -0.3 is 9.80 Å². The molecule has 0 bridgehead atoms. The van der Waals surface area contributed by atoms with Gasteiger partial charge in [-0.2, -0.15) is 13.2 Å². The standard InChI is InChI=1S/C20H28F3N3/c21-20(22,23)17-3-1-4-18(13-17)25-9-11-26(12-10-25)19-5-2-8-24(15-19)14-16-6-7-16/h1,3-4,13,16,19H,2,5-12,14-15H2/t19-/m1/s1. The molecule has 0 amide bonds. The Morgan fingerprint density at radius 3 is 2.42 bits per heavy atom. The second-order valence-electron chi connectivity index (χ2n) is 8.07. The lowest BCUT2D eigenvalue weighted by Gasteiger charge is -2.44. The Morgan fingerprint density at radius 1 is 0.962 bits per heavy atom. The molecule has 0 spiro atoms. The number of hydrogen-bond donors (Lipinski definition) is 0. The summed E-state index contributed by atoms with van der Waals surface area (Å²) in [5.74, 6) is 0.937. The highest BCUT2D eigenvalue weighted by Crippen LogP contribution is 2.33. The van der Waals surface area contributed by atoms with E-state index < -0.39 is 11.7 Å². The zero-order chi connectivity index (χ0) is 18.1. The van der Waals surface area contributed by atoms with Gasteiger partial charge in [0, 0.05) is 51.0 Å². The number of piperidine rings is 1. The van der Waals surface area contributed by atoms with Crippen LogP contribution in [0, 0.1) is 5.92 Å². The normalized spacial score (nSPS) is 26.3. The van der Waals surface area contributed by atoms with Crippen LogP contribution in [0.15, 0.2) is 24.3 Å². The summed E-state index contributed by atoms with van der Waals surface area (Å²) in [5, 5.41) is 0. The fraction of sp³-hybridized carbons (Fsp3) is 0.700. The second kappa shape index (κ2) is 7.39. The quantitative estimate of drug-likeness (QED) is 0.803. The molecular formula is C20H28F3N3. The van der Waals surface area contributed by atoms with E-state index in [0.717, 1.165) is 38.2 Å². The third kappa shape index (κ3) is 4.34. The third-order valence-electron chi connectivity index (χ3n) is 6.06. The number of benzene rings is 1. The molecular weight excluding hydrogens is 339 g/mol. The second-order valence-corrected chi connectivity index (χ2v) is 8.07. The Morgan fingerprint density at radius 2 is 1.73 bits per heavy atom. The van der Waals surface area contributed by atoms with Crippen LogP contribution >= 0.6 is 0 Å². The van der Waals surface area contributed by atoms with Crippen LogP contribution in [0.4, 0.5) is 18.9 Å². The zero-order valence-electron chi connectivity index (χ0n) is 15.2. The summed E-state index contributed by atoms with van der Waals surface area (Å²) < 4.78 is 38.8. The lowest BCUT2D eigenvalue weighted by Crippen LogP contribution is -2.55. The van der Waals surface area contributed by atoms with Crippen molar-refractivity contribution >= 4 is 5.69 Å². The molecule has 3 nitrogen and oxygen atoms in total. The molecule has 6 heteroatoms. The number of hydrogen-bond acceptors (Lipinski definition) is 3. The average molecular weight is 367 g/mol. The van der Waals surface area contributed by atoms with Gasteiger partial charge in [-0.1, -0.05) is 6.07 Å². The maximum absolute atomic E-state index is 12.9. The monoisotopic (exact) mass is 367 g/mol. The van der Waals surface area contributed by atoms with Crippen LogP contribution in [-0.2, 0) is 6.18 Å². The van der Waals surface area contributed by atoms with Crippen LogP contribution in [0.5, 0.6) is 0 Å². The van der Waals surface area contributed by atoms with Crippen molar-refractivity contribution in [2.75, 3.05) is 50.7 Å². The van der Waals surface area contributed by atoms with Crippen LogP contribution in [0.25, 0.3) is 0 Å². The number of halogens is 3. The Kier molecular flexibility index (Phi) is 5.15. The van der Waals surface area contributed by atoms with Crippen molar-refractivity contribution in [1.29, 1.82) is 0 Å². The molecule has 0 unspecified atom stereocenters. The largest absolute Gasteiger partial charge is 0.416 e. The highest BCUT2D eigenvalue weighted by molar-refractivity contribution is 5.49. The summed E-state index contributed by atoms with van der Waals surface area (Å²) in [6, 6.07) is 6.36. The lowest BCUT2D eigenvalue weighted by molar-refractivity contribution is -0.137. The van der Waals surface area contributed by atoms with Gasteiger partial charge >= 0.3 is 6.18 Å². The molecule has 0 N–H and O–H groups in total. The minimum absolute atomic E-state index is 0.555. The zero-order valence-corrected chi connectivity index (χ0v) is 15.2. The molecule has 1 aliphatic carbocycles. The number of nitrogens with zero attached hydrogens (tertiary/aromatic N) is 3. The summed E-state index contributed by atoms with van der Waals surface area (Å²) in [4.78, 5) is 7.28. The molecule has 1 saturated carbocycles. The number of likely N-dealkylation sites (tertiary alicyclic amines) is 1. The van der Waals surface area contributed by atoms with Crippen molar-refractivity contribution in [3.63, 3.8) is 0 Å². The molecule has 4 rings (SSSR count). The van der Waals surface area contributed by atoms with Crippen molar-refractivity contribution in [2.45, 2.75) is 37.9 Å². The van der Waals surface area contributed by atoms with Crippen molar-refractivity contribution in [1.82, 2.24) is 9.80 Å². The van der Waals surface area contributed by atoms with Crippen molar-refractivity contribution in [2.24, 2.45) is 5.92 Å². The summed E-state index contributed by atoms with van der Waals surface area (Å²) in [6.45, 7) is 7.16. The smallest absolute Gasteiger partial charge is 0.369 e. The number of piperazine rings is 1. The fourth-order valence-electron chi connectivity index (χ4n) is 4.38. The van der Waals surface area contributed by atoms with Gasteiger partial charge in [0.2, 0.25) is 0 Å². The molecule has 2 saturated heterocycles. The van der Waals surface area contributed by atoms with Gasteiger partial charge in [-0.05, 0) is 56.3 Å². The molecule has 1 aromatic carbocycles. The first-order valence-corrected chi connectivity index (χ1v) is 9.87. The van der Waals surface area contributed by atoms with Crippen LogP contribution in [0.3, 0.4) is 0 Å². The molecule has 1 aromatic rings. The van der Waals surface area contributed by atoms with E-state index >= 15 is 0 Å². The molecule has 3 fully saturated rings. The predicted molar refractivity (Wildman–Crippen MR) is 97.4 cm³/mol. The Bertz CT molecular complexity index is 607. The summed E-state index contributed by atoms with van der Waals surface area (Å²) in [5.41, 5.74) is 0.138. The summed E-state index contributed by atoms with van der Waals surface area (Å²) in [7, 11) is 0. The topological polar surface area (TPSA) is 9.72 Å². The molecule has 2 heterocycles. The minimum atomic E-state index is -4.27. The van der Waals surface area contributed by atoms with Gasteiger partial charge in [-0.15, -0.1) is 0 Å². The summed E-state index contributed by atoms with van der Waals surface area (Å²) >= 11 is 0.